The summed E-state index contributed by atoms with van der Waals surface area (Å²) in [4.78, 5) is 0. The van der Waals surface area contributed by atoms with Crippen molar-refractivity contribution in [3.63, 3.8) is 0 Å². The molecule has 1 fully saturated rings. The van der Waals surface area contributed by atoms with Gasteiger partial charge in [0.15, 0.2) is 11.0 Å². The van der Waals surface area contributed by atoms with E-state index in [2.05, 4.69) is 22.6 Å². The molecule has 3 N–H and O–H groups in total. The molecule has 1 aliphatic carbocycles. The largest absolute Gasteiger partial charge is 0.397 e. The van der Waals surface area contributed by atoms with E-state index in [1.165, 1.54) is 25.7 Å². The zero-order chi connectivity index (χ0) is 12.6. The predicted octanol–water partition coefficient (Wildman–Crippen LogP) is 2.80. The number of hydrogen-bond donors (Lipinski definition) is 2. The van der Waals surface area contributed by atoms with Gasteiger partial charge in [-0.15, -0.1) is 0 Å². The predicted molar refractivity (Wildman–Crippen MR) is 71.3 cm³/mol. The van der Waals surface area contributed by atoms with Crippen LogP contribution in [0.3, 0.4) is 0 Å². The minimum atomic E-state index is 0.463. The van der Waals surface area contributed by atoms with Crippen molar-refractivity contribution < 1.29 is 4.63 Å². The molecule has 5 heteroatoms. The van der Waals surface area contributed by atoms with Crippen LogP contribution in [-0.2, 0) is 0 Å². The van der Waals surface area contributed by atoms with E-state index in [0.29, 0.717) is 16.6 Å². The lowest BCUT2D eigenvalue weighted by atomic mass is 9.67. The van der Waals surface area contributed by atoms with Crippen molar-refractivity contribution in [1.82, 2.24) is 10.3 Å². The van der Waals surface area contributed by atoms with Crippen LogP contribution in [0.5, 0.6) is 0 Å². The lowest BCUT2D eigenvalue weighted by Crippen LogP contribution is -2.35. The third-order valence-corrected chi connectivity index (χ3v) is 4.26. The lowest BCUT2D eigenvalue weighted by molar-refractivity contribution is 0.145. The van der Waals surface area contributed by atoms with Crippen molar-refractivity contribution in [2.24, 2.45) is 5.41 Å². The molecule has 96 valence electrons. The molecular weight excluding hydrogens is 228 g/mol. The highest BCUT2D eigenvalue weighted by Gasteiger charge is 2.34. The summed E-state index contributed by atoms with van der Waals surface area (Å²) in [6, 6.07) is 3.79. The Labute approximate surface area is 106 Å². The van der Waals surface area contributed by atoms with Gasteiger partial charge in [0.2, 0.25) is 0 Å². The van der Waals surface area contributed by atoms with Crippen LogP contribution in [0, 0.1) is 5.41 Å². The van der Waals surface area contributed by atoms with E-state index in [9.17, 15) is 0 Å². The highest BCUT2D eigenvalue weighted by molar-refractivity contribution is 5.94. The van der Waals surface area contributed by atoms with E-state index in [0.717, 1.165) is 17.7 Å². The third kappa shape index (κ3) is 1.70. The number of rotatable bonds is 4. The summed E-state index contributed by atoms with van der Waals surface area (Å²) >= 11 is 0. The van der Waals surface area contributed by atoms with Crippen molar-refractivity contribution in [2.75, 3.05) is 17.6 Å². The fourth-order valence-electron chi connectivity index (χ4n) is 2.64. The molecular formula is C13H18N4O. The molecule has 1 aromatic heterocycles. The smallest absolute Gasteiger partial charge is 0.160 e. The zero-order valence-corrected chi connectivity index (χ0v) is 10.6. The van der Waals surface area contributed by atoms with E-state index >= 15 is 0 Å². The van der Waals surface area contributed by atoms with E-state index in [4.69, 9.17) is 10.4 Å². The van der Waals surface area contributed by atoms with Crippen LogP contribution in [0.2, 0.25) is 0 Å². The van der Waals surface area contributed by atoms with Crippen molar-refractivity contribution in [3.05, 3.63) is 12.1 Å². The molecule has 0 aliphatic heterocycles. The third-order valence-electron chi connectivity index (χ3n) is 4.26. The van der Waals surface area contributed by atoms with Crippen molar-refractivity contribution in [2.45, 2.75) is 32.6 Å². The van der Waals surface area contributed by atoms with E-state index < -0.39 is 0 Å². The van der Waals surface area contributed by atoms with E-state index in [1.807, 2.05) is 12.1 Å². The number of nitrogens with two attached hydrogens (primary N) is 1. The monoisotopic (exact) mass is 246 g/mol. The summed E-state index contributed by atoms with van der Waals surface area (Å²) in [6.07, 6.45) is 5.19. The second-order valence-electron chi connectivity index (χ2n) is 5.22. The molecule has 0 unspecified atom stereocenters. The summed E-state index contributed by atoms with van der Waals surface area (Å²) in [5.41, 5.74) is 9.21. The van der Waals surface area contributed by atoms with Crippen LogP contribution in [0.25, 0.3) is 11.0 Å². The van der Waals surface area contributed by atoms with Crippen LogP contribution in [0.1, 0.15) is 32.6 Å². The Morgan fingerprint density at radius 3 is 2.78 bits per heavy atom. The maximum Gasteiger partial charge on any atom is 0.160 e. The summed E-state index contributed by atoms with van der Waals surface area (Å²) in [7, 11) is 0. The standard InChI is InChI=1S/C13H18N4O/c1-2-13(6-3-7-13)8-15-10-5-4-9(14)11-12(10)17-18-16-11/h4-5,15H,2-3,6-8,14H2,1H3. The van der Waals surface area contributed by atoms with Crippen molar-refractivity contribution in [1.29, 1.82) is 0 Å². The molecule has 0 amide bonds. The van der Waals surface area contributed by atoms with E-state index in [-0.39, 0.29) is 0 Å². The van der Waals surface area contributed by atoms with Gasteiger partial charge in [-0.05, 0) is 47.1 Å². The van der Waals surface area contributed by atoms with Crippen LogP contribution in [-0.4, -0.2) is 16.9 Å². The second kappa shape index (κ2) is 4.15. The maximum atomic E-state index is 5.82. The van der Waals surface area contributed by atoms with Crippen molar-refractivity contribution >= 4 is 22.4 Å². The SMILES string of the molecule is CCC1(CNc2ccc(N)c3nonc23)CCC1. The molecule has 1 aliphatic rings. The van der Waals surface area contributed by atoms with Gasteiger partial charge in [0.25, 0.3) is 0 Å². The van der Waals surface area contributed by atoms with Crippen LogP contribution in [0.15, 0.2) is 16.8 Å². The first kappa shape index (κ1) is 11.3. The summed E-state index contributed by atoms with van der Waals surface area (Å²) < 4.78 is 4.77. The number of fused-ring (bicyclic) bond motifs is 1. The summed E-state index contributed by atoms with van der Waals surface area (Å²) in [6.45, 7) is 3.24. The molecule has 0 atom stereocenters. The maximum absolute atomic E-state index is 5.82. The highest BCUT2D eigenvalue weighted by atomic mass is 16.6. The van der Waals surface area contributed by atoms with E-state index in [1.54, 1.807) is 0 Å². The first-order valence-electron chi connectivity index (χ1n) is 6.49. The molecule has 0 spiro atoms. The average molecular weight is 246 g/mol. The molecule has 5 nitrogen and oxygen atoms in total. The Hall–Kier alpha value is -1.78. The number of benzene rings is 1. The molecule has 0 radical (unpaired) electrons. The Morgan fingerprint density at radius 1 is 1.33 bits per heavy atom. The van der Waals surface area contributed by atoms with Gasteiger partial charge in [0.05, 0.1) is 11.4 Å². The van der Waals surface area contributed by atoms with Crippen LogP contribution in [0.4, 0.5) is 11.4 Å². The minimum Gasteiger partial charge on any atom is -0.397 e. The summed E-state index contributed by atoms with van der Waals surface area (Å²) in [5, 5.41) is 11.2. The van der Waals surface area contributed by atoms with Gasteiger partial charge >= 0.3 is 0 Å². The average Bonchev–Trinajstić information content (AvgIpc) is 2.81. The van der Waals surface area contributed by atoms with Crippen LogP contribution < -0.4 is 11.1 Å². The van der Waals surface area contributed by atoms with Gasteiger partial charge in [-0.2, -0.15) is 0 Å². The van der Waals surface area contributed by atoms with Gasteiger partial charge < -0.3 is 11.1 Å². The molecule has 1 saturated carbocycles. The summed E-state index contributed by atoms with van der Waals surface area (Å²) in [5.74, 6) is 0. The quantitative estimate of drug-likeness (QED) is 0.811. The topological polar surface area (TPSA) is 77.0 Å². The number of nitrogens with zero attached hydrogens (tertiary/aromatic N) is 2. The Kier molecular flexibility index (Phi) is 2.61. The van der Waals surface area contributed by atoms with Gasteiger partial charge in [0.1, 0.15) is 0 Å². The molecule has 1 aromatic carbocycles. The molecule has 2 aromatic rings. The Bertz CT molecular complexity index is 554. The van der Waals surface area contributed by atoms with Gasteiger partial charge in [-0.25, -0.2) is 4.63 Å². The second-order valence-corrected chi connectivity index (χ2v) is 5.22. The van der Waals surface area contributed by atoms with Gasteiger partial charge in [0, 0.05) is 6.54 Å². The zero-order valence-electron chi connectivity index (χ0n) is 10.6. The Morgan fingerprint density at radius 2 is 2.11 bits per heavy atom. The molecule has 1 heterocycles. The number of hydrogen-bond acceptors (Lipinski definition) is 5. The molecule has 0 bridgehead atoms. The van der Waals surface area contributed by atoms with Crippen molar-refractivity contribution in [3.8, 4) is 0 Å². The molecule has 3 rings (SSSR count). The van der Waals surface area contributed by atoms with Crippen LogP contribution >= 0.6 is 0 Å². The Balaban J connectivity index is 1.82. The normalized spacial score (nSPS) is 17.6. The number of aromatic nitrogens is 2. The first-order chi connectivity index (χ1) is 8.74. The molecule has 0 saturated heterocycles. The minimum absolute atomic E-state index is 0.463. The fourth-order valence-corrected chi connectivity index (χ4v) is 2.64. The number of anilines is 2. The lowest BCUT2D eigenvalue weighted by Gasteiger charge is -2.41. The fraction of sp³-hybridized carbons (Fsp3) is 0.538. The highest BCUT2D eigenvalue weighted by Crippen LogP contribution is 2.44. The molecule has 18 heavy (non-hydrogen) atoms. The number of nitrogens with one attached hydrogen (secondary N) is 1. The first-order valence-corrected chi connectivity index (χ1v) is 6.49. The van der Waals surface area contributed by atoms with Gasteiger partial charge in [-0.3, -0.25) is 0 Å². The van der Waals surface area contributed by atoms with Gasteiger partial charge in [-0.1, -0.05) is 13.3 Å². The number of nitrogen functional groups attached to an aromatic ring is 1.